The third kappa shape index (κ3) is 5.04. The van der Waals surface area contributed by atoms with E-state index in [1.54, 1.807) is 0 Å². The molecule has 4 atom stereocenters. The average Bonchev–Trinajstić information content (AvgIpc) is 3.80. The van der Waals surface area contributed by atoms with E-state index in [-0.39, 0.29) is 11.2 Å². The molecule has 1 aliphatic heterocycles. The maximum Gasteiger partial charge on any atom is 0.164 e. The second kappa shape index (κ2) is 9.95. The second-order valence-electron chi connectivity index (χ2n) is 10.6. The number of ether oxygens (including phenoxy) is 1. The Morgan fingerprint density at radius 1 is 1.00 bits per heavy atom. The number of epoxide rings is 1. The van der Waals surface area contributed by atoms with E-state index in [2.05, 4.69) is 81.1 Å². The average molecular weight is 465 g/mol. The van der Waals surface area contributed by atoms with Crippen molar-refractivity contribution in [2.24, 2.45) is 11.8 Å². The SMILES string of the molecule is C=CCC1CO1.Cc1ccc(C2(c3ccc(CCC4CC4C)cc3)CC(=O)c3ccccc32)cc1. The molecular weight excluding hydrogens is 428 g/mol. The summed E-state index contributed by atoms with van der Waals surface area (Å²) in [7, 11) is 0. The van der Waals surface area contributed by atoms with E-state index in [1.165, 1.54) is 35.1 Å². The molecule has 3 aromatic rings. The minimum Gasteiger partial charge on any atom is -0.373 e. The summed E-state index contributed by atoms with van der Waals surface area (Å²) in [4.78, 5) is 13.0. The van der Waals surface area contributed by atoms with Crippen LogP contribution >= 0.6 is 0 Å². The van der Waals surface area contributed by atoms with E-state index in [1.807, 2.05) is 18.2 Å². The van der Waals surface area contributed by atoms with Gasteiger partial charge in [0.2, 0.25) is 0 Å². The lowest BCUT2D eigenvalue weighted by Gasteiger charge is -2.31. The van der Waals surface area contributed by atoms with Gasteiger partial charge in [-0.25, -0.2) is 0 Å². The van der Waals surface area contributed by atoms with E-state index >= 15 is 0 Å². The minimum absolute atomic E-state index is 0.243. The summed E-state index contributed by atoms with van der Waals surface area (Å²) in [6.07, 6.45) is 7.80. The smallest absolute Gasteiger partial charge is 0.164 e. The first-order valence-corrected chi connectivity index (χ1v) is 13.0. The Morgan fingerprint density at radius 2 is 1.63 bits per heavy atom. The second-order valence-corrected chi connectivity index (χ2v) is 10.6. The quantitative estimate of drug-likeness (QED) is 0.268. The van der Waals surface area contributed by atoms with Crippen molar-refractivity contribution in [1.82, 2.24) is 0 Å². The van der Waals surface area contributed by atoms with Crippen LogP contribution in [0.3, 0.4) is 0 Å². The first-order chi connectivity index (χ1) is 17.0. The molecule has 2 aliphatic carbocycles. The summed E-state index contributed by atoms with van der Waals surface area (Å²) in [5.41, 5.74) is 6.72. The van der Waals surface area contributed by atoms with Crippen molar-refractivity contribution in [3.05, 3.63) is 119 Å². The number of rotatable bonds is 7. The summed E-state index contributed by atoms with van der Waals surface area (Å²) in [5.74, 6) is 2.08. The van der Waals surface area contributed by atoms with Crippen molar-refractivity contribution in [3.8, 4) is 0 Å². The lowest BCUT2D eigenvalue weighted by molar-refractivity contribution is 0.0984. The molecule has 0 amide bonds. The van der Waals surface area contributed by atoms with Gasteiger partial charge in [-0.15, -0.1) is 6.58 Å². The topological polar surface area (TPSA) is 29.6 Å². The summed E-state index contributed by atoms with van der Waals surface area (Å²) in [5, 5.41) is 0. The largest absolute Gasteiger partial charge is 0.373 e. The van der Waals surface area contributed by atoms with Crippen LogP contribution in [0.1, 0.15) is 70.8 Å². The molecule has 2 nitrogen and oxygen atoms in total. The van der Waals surface area contributed by atoms with Crippen molar-refractivity contribution in [1.29, 1.82) is 0 Å². The highest BCUT2D eigenvalue weighted by Gasteiger charge is 2.45. The molecule has 0 spiro atoms. The normalized spacial score (nSPS) is 25.9. The number of hydrogen-bond donors (Lipinski definition) is 0. The van der Waals surface area contributed by atoms with Crippen molar-refractivity contribution < 1.29 is 9.53 Å². The molecule has 0 aromatic heterocycles. The fourth-order valence-electron chi connectivity index (χ4n) is 5.55. The zero-order chi connectivity index (χ0) is 24.4. The standard InChI is InChI=1S/C28H28O.C5H8O/c1-19-7-13-23(14-8-19)28(18-27(29)25-5-3-4-6-26(25)28)24-15-10-21(11-16-24)9-12-22-17-20(22)2;1-2-3-5-4-6-5/h3-8,10-11,13-16,20,22H,9,12,17-18H2,1-2H3;2,5H,1,3-4H2. The van der Waals surface area contributed by atoms with Crippen LogP contribution in [0, 0.1) is 18.8 Å². The fourth-order valence-corrected chi connectivity index (χ4v) is 5.55. The van der Waals surface area contributed by atoms with Crippen molar-refractivity contribution >= 4 is 5.78 Å². The molecule has 1 saturated heterocycles. The van der Waals surface area contributed by atoms with Crippen LogP contribution in [0.5, 0.6) is 0 Å². The first kappa shape index (κ1) is 23.8. The van der Waals surface area contributed by atoms with Gasteiger partial charge in [-0.2, -0.15) is 0 Å². The number of carbonyl (C=O) groups is 1. The number of benzene rings is 3. The van der Waals surface area contributed by atoms with Crippen LogP contribution in [0.15, 0.2) is 85.5 Å². The number of carbonyl (C=O) groups excluding carboxylic acids is 1. The highest BCUT2D eigenvalue weighted by molar-refractivity contribution is 6.03. The van der Waals surface area contributed by atoms with Crippen LogP contribution in [0.25, 0.3) is 0 Å². The van der Waals surface area contributed by atoms with Crippen LogP contribution in [0.4, 0.5) is 0 Å². The third-order valence-corrected chi connectivity index (χ3v) is 8.02. The Bertz CT molecular complexity index is 1190. The summed E-state index contributed by atoms with van der Waals surface area (Å²) in [6, 6.07) is 26.0. The van der Waals surface area contributed by atoms with Gasteiger partial charge in [-0.3, -0.25) is 4.79 Å². The number of hydrogen-bond acceptors (Lipinski definition) is 2. The fraction of sp³-hybridized carbons (Fsp3) is 0.364. The van der Waals surface area contributed by atoms with E-state index in [4.69, 9.17) is 4.74 Å². The number of Topliss-reactive ketones (excluding diaryl/α,β-unsaturated/α-hetero) is 1. The lowest BCUT2D eigenvalue weighted by Crippen LogP contribution is -2.27. The van der Waals surface area contributed by atoms with E-state index in [9.17, 15) is 4.79 Å². The first-order valence-electron chi connectivity index (χ1n) is 13.0. The van der Waals surface area contributed by atoms with Gasteiger partial charge in [0.1, 0.15) is 0 Å². The summed E-state index contributed by atoms with van der Waals surface area (Å²) < 4.78 is 4.88. The number of aryl methyl sites for hydroxylation is 2. The van der Waals surface area contributed by atoms with Gasteiger partial charge in [0.25, 0.3) is 0 Å². The molecule has 3 aromatic carbocycles. The minimum atomic E-state index is -0.384. The van der Waals surface area contributed by atoms with E-state index in [0.717, 1.165) is 42.4 Å². The van der Waals surface area contributed by atoms with Gasteiger partial charge in [0, 0.05) is 12.0 Å². The lowest BCUT2D eigenvalue weighted by atomic mass is 9.70. The number of fused-ring (bicyclic) bond motifs is 1. The predicted molar refractivity (Wildman–Crippen MR) is 143 cm³/mol. The predicted octanol–water partition coefficient (Wildman–Crippen LogP) is 7.47. The molecule has 2 fully saturated rings. The molecule has 2 heteroatoms. The Labute approximate surface area is 210 Å². The molecule has 1 saturated carbocycles. The Kier molecular flexibility index (Phi) is 6.75. The molecule has 4 unspecified atom stereocenters. The Hall–Kier alpha value is -2.97. The third-order valence-electron chi connectivity index (χ3n) is 8.02. The van der Waals surface area contributed by atoms with Gasteiger partial charge in [0.15, 0.2) is 5.78 Å². The molecule has 0 radical (unpaired) electrons. The van der Waals surface area contributed by atoms with E-state index in [0.29, 0.717) is 12.5 Å². The van der Waals surface area contributed by atoms with Crippen LogP contribution in [-0.2, 0) is 16.6 Å². The molecule has 180 valence electrons. The molecule has 3 aliphatic rings. The maximum atomic E-state index is 13.0. The van der Waals surface area contributed by atoms with Gasteiger partial charge in [0.05, 0.1) is 18.1 Å². The van der Waals surface area contributed by atoms with Crippen molar-refractivity contribution in [3.63, 3.8) is 0 Å². The van der Waals surface area contributed by atoms with Gasteiger partial charge >= 0.3 is 0 Å². The maximum absolute atomic E-state index is 13.0. The molecule has 6 rings (SSSR count). The highest BCUT2D eigenvalue weighted by atomic mass is 16.6. The summed E-state index contributed by atoms with van der Waals surface area (Å²) >= 11 is 0. The molecular formula is C33H36O2. The number of ketones is 1. The van der Waals surface area contributed by atoms with E-state index < -0.39 is 0 Å². The molecule has 0 N–H and O–H groups in total. The van der Waals surface area contributed by atoms with Crippen LogP contribution < -0.4 is 0 Å². The van der Waals surface area contributed by atoms with Gasteiger partial charge in [-0.05, 0) is 66.7 Å². The molecule has 0 bridgehead atoms. The highest BCUT2D eigenvalue weighted by Crippen LogP contribution is 2.49. The monoisotopic (exact) mass is 464 g/mol. The van der Waals surface area contributed by atoms with Crippen LogP contribution in [0.2, 0.25) is 0 Å². The molecule has 1 heterocycles. The van der Waals surface area contributed by atoms with Crippen molar-refractivity contribution in [2.75, 3.05) is 6.61 Å². The van der Waals surface area contributed by atoms with Crippen molar-refractivity contribution in [2.45, 2.75) is 57.5 Å². The zero-order valence-corrected chi connectivity index (χ0v) is 21.0. The Morgan fingerprint density at radius 3 is 2.20 bits per heavy atom. The Balaban J connectivity index is 0.000000371. The van der Waals surface area contributed by atoms with Gasteiger partial charge < -0.3 is 4.74 Å². The summed E-state index contributed by atoms with van der Waals surface area (Å²) in [6.45, 7) is 8.98. The van der Waals surface area contributed by atoms with Gasteiger partial charge in [-0.1, -0.05) is 91.4 Å². The van der Waals surface area contributed by atoms with Crippen LogP contribution in [-0.4, -0.2) is 18.5 Å². The zero-order valence-electron chi connectivity index (χ0n) is 21.0. The molecule has 35 heavy (non-hydrogen) atoms.